The van der Waals surface area contributed by atoms with Crippen molar-refractivity contribution >= 4 is 23.3 Å². The number of carbonyl (C=O) groups excluding carboxylic acids is 1. The van der Waals surface area contributed by atoms with Crippen molar-refractivity contribution in [1.29, 1.82) is 0 Å². The van der Waals surface area contributed by atoms with Gasteiger partial charge in [0.1, 0.15) is 0 Å². The fraction of sp³-hybridized carbons (Fsp3) is 0.783. The molecule has 1 saturated carbocycles. The van der Waals surface area contributed by atoms with Crippen molar-refractivity contribution in [3.8, 4) is 0 Å². The number of nitrogens with zero attached hydrogens (tertiary/aromatic N) is 3. The molecule has 8 heteroatoms. The molecule has 1 aromatic rings. The van der Waals surface area contributed by atoms with E-state index in [9.17, 15) is 4.79 Å². The number of carbonyl (C=O) groups is 1. The third kappa shape index (κ3) is 7.75. The highest BCUT2D eigenvalue weighted by atomic mass is 32.1. The number of hydrogen-bond donors (Lipinski definition) is 2. The van der Waals surface area contributed by atoms with Gasteiger partial charge in [-0.1, -0.05) is 0 Å². The molecule has 2 fully saturated rings. The highest BCUT2D eigenvalue weighted by Gasteiger charge is 2.27. The van der Waals surface area contributed by atoms with E-state index in [1.807, 2.05) is 6.92 Å². The first-order valence-corrected chi connectivity index (χ1v) is 12.8. The number of ether oxygens (including phenoxy) is 1. The molecule has 0 atom stereocenters. The number of aliphatic imine (C=N–C) groups is 1. The fourth-order valence-corrected chi connectivity index (χ4v) is 5.11. The summed E-state index contributed by atoms with van der Waals surface area (Å²) in [6.45, 7) is 11.5. The highest BCUT2D eigenvalue weighted by Crippen LogP contribution is 2.25. The molecule has 2 heterocycles. The summed E-state index contributed by atoms with van der Waals surface area (Å²) in [5, 5.41) is 10.3. The van der Waals surface area contributed by atoms with Gasteiger partial charge in [0.05, 0.1) is 23.2 Å². The van der Waals surface area contributed by atoms with Crippen LogP contribution >= 0.6 is 11.3 Å². The van der Waals surface area contributed by atoms with Gasteiger partial charge >= 0.3 is 5.97 Å². The number of rotatable bonds is 8. The average molecular weight is 450 g/mol. The molecule has 0 spiro atoms. The van der Waals surface area contributed by atoms with E-state index in [1.165, 1.54) is 18.5 Å². The lowest BCUT2D eigenvalue weighted by molar-refractivity contribution is -0.149. The Hall–Kier alpha value is -1.67. The van der Waals surface area contributed by atoms with E-state index in [-0.39, 0.29) is 11.9 Å². The molecule has 7 nitrogen and oxygen atoms in total. The highest BCUT2D eigenvalue weighted by molar-refractivity contribution is 7.09. The van der Waals surface area contributed by atoms with E-state index in [0.717, 1.165) is 69.4 Å². The Balaban J connectivity index is 1.40. The lowest BCUT2D eigenvalue weighted by Crippen LogP contribution is -2.45. The molecule has 2 N–H and O–H groups in total. The first kappa shape index (κ1) is 24.0. The normalized spacial score (nSPS) is 23.5. The topological polar surface area (TPSA) is 78.9 Å². The molecule has 0 unspecified atom stereocenters. The Morgan fingerprint density at radius 1 is 1.23 bits per heavy atom. The summed E-state index contributed by atoms with van der Waals surface area (Å²) in [6.07, 6.45) is 6.15. The molecule has 1 aliphatic carbocycles. The van der Waals surface area contributed by atoms with Crippen molar-refractivity contribution in [2.45, 2.75) is 71.9 Å². The molecule has 0 bridgehead atoms. The second-order valence-corrected chi connectivity index (χ2v) is 9.80. The van der Waals surface area contributed by atoms with Gasteiger partial charge in [-0.2, -0.15) is 0 Å². The fourth-order valence-electron chi connectivity index (χ4n) is 4.50. The van der Waals surface area contributed by atoms with E-state index in [1.54, 1.807) is 11.3 Å². The van der Waals surface area contributed by atoms with E-state index < -0.39 is 0 Å². The maximum Gasteiger partial charge on any atom is 0.308 e. The Bertz CT molecular complexity index is 707. The van der Waals surface area contributed by atoms with Crippen molar-refractivity contribution in [3.05, 3.63) is 16.1 Å². The van der Waals surface area contributed by atoms with Crippen LogP contribution in [0.15, 0.2) is 10.4 Å². The second kappa shape index (κ2) is 12.4. The first-order valence-electron chi connectivity index (χ1n) is 11.9. The zero-order chi connectivity index (χ0) is 22.1. The van der Waals surface area contributed by atoms with Crippen LogP contribution in [0.5, 0.6) is 0 Å². The third-order valence-electron chi connectivity index (χ3n) is 6.30. The van der Waals surface area contributed by atoms with Gasteiger partial charge in [-0.05, 0) is 78.3 Å². The predicted octanol–water partition coefficient (Wildman–Crippen LogP) is 3.34. The summed E-state index contributed by atoms with van der Waals surface area (Å²) in [5.41, 5.74) is 1.20. The number of hydrogen-bond acceptors (Lipinski definition) is 6. The number of likely N-dealkylation sites (tertiary alicyclic amines) is 1. The maximum atomic E-state index is 11.9. The number of aromatic nitrogens is 1. The number of piperidine rings is 1. The van der Waals surface area contributed by atoms with Gasteiger partial charge in [0.15, 0.2) is 5.96 Å². The summed E-state index contributed by atoms with van der Waals surface area (Å²) < 4.78 is 5.18. The Kier molecular flexibility index (Phi) is 9.58. The van der Waals surface area contributed by atoms with E-state index in [4.69, 9.17) is 9.73 Å². The number of guanidine groups is 1. The smallest absolute Gasteiger partial charge is 0.308 e. The van der Waals surface area contributed by atoms with E-state index >= 15 is 0 Å². The summed E-state index contributed by atoms with van der Waals surface area (Å²) in [5.74, 6) is 1.60. The molecule has 1 saturated heterocycles. The average Bonchev–Trinajstić information content (AvgIpc) is 3.18. The summed E-state index contributed by atoms with van der Waals surface area (Å²) in [6, 6.07) is 0.381. The lowest BCUT2D eigenvalue weighted by atomic mass is 9.86. The van der Waals surface area contributed by atoms with Gasteiger partial charge in [-0.15, -0.1) is 11.3 Å². The molecule has 174 valence electrons. The SMILES string of the molecule is CCNC(=NCC1CCN(Cc2csc(C)n2)CC1)NC1CCC(C(=O)OCC)CC1. The van der Waals surface area contributed by atoms with Gasteiger partial charge in [0.25, 0.3) is 0 Å². The minimum atomic E-state index is -0.0298. The predicted molar refractivity (Wildman–Crippen MR) is 126 cm³/mol. The number of nitrogens with one attached hydrogen (secondary N) is 2. The summed E-state index contributed by atoms with van der Waals surface area (Å²) in [7, 11) is 0. The van der Waals surface area contributed by atoms with E-state index in [0.29, 0.717) is 18.6 Å². The molecule has 31 heavy (non-hydrogen) atoms. The van der Waals surface area contributed by atoms with Crippen LogP contribution in [0.1, 0.15) is 63.1 Å². The van der Waals surface area contributed by atoms with Crippen molar-refractivity contribution in [2.75, 3.05) is 32.8 Å². The van der Waals surface area contributed by atoms with Crippen molar-refractivity contribution < 1.29 is 9.53 Å². The monoisotopic (exact) mass is 449 g/mol. The van der Waals surface area contributed by atoms with Crippen LogP contribution in [0.4, 0.5) is 0 Å². The maximum absolute atomic E-state index is 11.9. The van der Waals surface area contributed by atoms with Crippen LogP contribution in [0.2, 0.25) is 0 Å². The first-order chi connectivity index (χ1) is 15.1. The van der Waals surface area contributed by atoms with Gasteiger partial charge in [0, 0.05) is 31.1 Å². The molecule has 1 aliphatic heterocycles. The van der Waals surface area contributed by atoms with Crippen LogP contribution in [-0.4, -0.2) is 60.6 Å². The summed E-state index contributed by atoms with van der Waals surface area (Å²) >= 11 is 1.73. The number of aryl methyl sites for hydroxylation is 1. The largest absolute Gasteiger partial charge is 0.466 e. The lowest BCUT2D eigenvalue weighted by Gasteiger charge is -2.31. The van der Waals surface area contributed by atoms with Crippen molar-refractivity contribution in [2.24, 2.45) is 16.8 Å². The zero-order valence-electron chi connectivity index (χ0n) is 19.4. The van der Waals surface area contributed by atoms with Crippen LogP contribution in [0.3, 0.4) is 0 Å². The summed E-state index contributed by atoms with van der Waals surface area (Å²) in [4.78, 5) is 24.0. The zero-order valence-corrected chi connectivity index (χ0v) is 20.2. The Morgan fingerprint density at radius 2 is 1.97 bits per heavy atom. The molecule has 2 aliphatic rings. The molecule has 0 aromatic carbocycles. The minimum Gasteiger partial charge on any atom is -0.466 e. The van der Waals surface area contributed by atoms with Crippen LogP contribution < -0.4 is 10.6 Å². The third-order valence-corrected chi connectivity index (χ3v) is 7.12. The quantitative estimate of drug-likeness (QED) is 0.360. The standard InChI is InChI=1S/C23H39N5O2S/c1-4-24-23(27-20-8-6-19(7-9-20)22(29)30-5-2)25-14-18-10-12-28(13-11-18)15-21-16-31-17(3)26-21/h16,18-20H,4-15H2,1-3H3,(H2,24,25,27). The molecule has 3 rings (SSSR count). The molecular formula is C23H39N5O2S. The van der Waals surface area contributed by atoms with Gasteiger partial charge < -0.3 is 15.4 Å². The second-order valence-electron chi connectivity index (χ2n) is 8.74. The molecule has 0 radical (unpaired) electrons. The van der Waals surface area contributed by atoms with Gasteiger partial charge in [0.2, 0.25) is 0 Å². The molecular weight excluding hydrogens is 410 g/mol. The minimum absolute atomic E-state index is 0.0298. The Morgan fingerprint density at radius 3 is 2.58 bits per heavy atom. The van der Waals surface area contributed by atoms with Gasteiger partial charge in [-0.3, -0.25) is 14.7 Å². The van der Waals surface area contributed by atoms with Gasteiger partial charge in [-0.25, -0.2) is 4.98 Å². The number of esters is 1. The van der Waals surface area contributed by atoms with Crippen LogP contribution in [0.25, 0.3) is 0 Å². The molecule has 0 amide bonds. The van der Waals surface area contributed by atoms with Crippen LogP contribution in [0, 0.1) is 18.8 Å². The Labute approximate surface area is 191 Å². The van der Waals surface area contributed by atoms with Crippen molar-refractivity contribution in [3.63, 3.8) is 0 Å². The van der Waals surface area contributed by atoms with Crippen molar-refractivity contribution in [1.82, 2.24) is 20.5 Å². The van der Waals surface area contributed by atoms with Crippen LogP contribution in [-0.2, 0) is 16.1 Å². The number of thiazole rings is 1. The van der Waals surface area contributed by atoms with E-state index in [2.05, 4.69) is 39.7 Å². The molecule has 1 aromatic heterocycles.